The Morgan fingerprint density at radius 3 is 1.96 bits per heavy atom. The van der Waals surface area contributed by atoms with Crippen LogP contribution in [0.4, 0.5) is 24.5 Å². The fourth-order valence-electron chi connectivity index (χ4n) is 2.85. The van der Waals surface area contributed by atoms with E-state index in [1.165, 1.54) is 19.1 Å². The zero-order valence-electron chi connectivity index (χ0n) is 13.9. The highest BCUT2D eigenvalue weighted by molar-refractivity contribution is 5.95. The molecule has 2 aromatic carbocycles. The summed E-state index contributed by atoms with van der Waals surface area (Å²) in [5, 5.41) is 5.42. The van der Waals surface area contributed by atoms with E-state index >= 15 is 0 Å². The van der Waals surface area contributed by atoms with Gasteiger partial charge < -0.3 is 10.6 Å². The van der Waals surface area contributed by atoms with E-state index in [-0.39, 0.29) is 23.7 Å². The Kier molecular flexibility index (Phi) is 4.71. The number of rotatable bonds is 4. The lowest BCUT2D eigenvalue weighted by Crippen LogP contribution is -2.14. The Morgan fingerprint density at radius 2 is 1.46 bits per heavy atom. The molecule has 2 aromatic rings. The van der Waals surface area contributed by atoms with Crippen LogP contribution in [0.5, 0.6) is 0 Å². The van der Waals surface area contributed by atoms with Gasteiger partial charge >= 0.3 is 6.18 Å². The number of benzene rings is 2. The summed E-state index contributed by atoms with van der Waals surface area (Å²) in [6, 6.07) is 11.7. The number of carbonyl (C=O) groups excluding carboxylic acids is 2. The number of amides is 2. The summed E-state index contributed by atoms with van der Waals surface area (Å²) < 4.78 is 37.8. The SMILES string of the molecule is CC(=O)Nc1ccc(NC(=O)C2CC2c2ccc(C(F)(F)F)cc2)cc1. The van der Waals surface area contributed by atoms with Crippen molar-refractivity contribution in [2.24, 2.45) is 5.92 Å². The highest BCUT2D eigenvalue weighted by Crippen LogP contribution is 2.48. The maximum Gasteiger partial charge on any atom is 0.416 e. The zero-order valence-corrected chi connectivity index (χ0v) is 13.9. The highest BCUT2D eigenvalue weighted by atomic mass is 19.4. The van der Waals surface area contributed by atoms with Gasteiger partial charge in [-0.15, -0.1) is 0 Å². The van der Waals surface area contributed by atoms with Crippen LogP contribution in [-0.2, 0) is 15.8 Å². The molecule has 3 rings (SSSR count). The third-order valence-electron chi connectivity index (χ3n) is 4.27. The summed E-state index contributed by atoms with van der Waals surface area (Å²) in [5.41, 5.74) is 1.27. The summed E-state index contributed by atoms with van der Waals surface area (Å²) in [4.78, 5) is 23.3. The second kappa shape index (κ2) is 6.82. The molecule has 1 saturated carbocycles. The van der Waals surface area contributed by atoms with E-state index in [9.17, 15) is 22.8 Å². The average Bonchev–Trinajstić information content (AvgIpc) is 3.36. The van der Waals surface area contributed by atoms with Crippen LogP contribution < -0.4 is 10.6 Å². The molecule has 0 spiro atoms. The summed E-state index contributed by atoms with van der Waals surface area (Å²) in [5.74, 6) is -0.654. The van der Waals surface area contributed by atoms with E-state index < -0.39 is 11.7 Å². The molecular formula is C19H17F3N2O2. The molecular weight excluding hydrogens is 345 g/mol. The molecule has 1 aliphatic carbocycles. The molecule has 0 saturated heterocycles. The van der Waals surface area contributed by atoms with Crippen molar-refractivity contribution >= 4 is 23.2 Å². The summed E-state index contributed by atoms with van der Waals surface area (Å²) in [7, 11) is 0. The molecule has 2 N–H and O–H groups in total. The first kappa shape index (κ1) is 18.0. The van der Waals surface area contributed by atoms with Crippen molar-refractivity contribution in [3.63, 3.8) is 0 Å². The molecule has 2 amide bonds. The molecule has 0 aliphatic heterocycles. The number of carbonyl (C=O) groups is 2. The summed E-state index contributed by atoms with van der Waals surface area (Å²) in [6.07, 6.45) is -3.75. The van der Waals surface area contributed by atoms with Gasteiger partial charge in [-0.2, -0.15) is 13.2 Å². The van der Waals surface area contributed by atoms with Gasteiger partial charge in [0.05, 0.1) is 5.56 Å². The third kappa shape index (κ3) is 4.22. The van der Waals surface area contributed by atoms with Crippen LogP contribution in [0.1, 0.15) is 30.4 Å². The van der Waals surface area contributed by atoms with Crippen LogP contribution >= 0.6 is 0 Å². The van der Waals surface area contributed by atoms with Crippen molar-refractivity contribution in [2.75, 3.05) is 10.6 Å². The number of anilines is 2. The lowest BCUT2D eigenvalue weighted by Gasteiger charge is -2.08. The normalized spacial score (nSPS) is 18.9. The van der Waals surface area contributed by atoms with Crippen LogP contribution in [0.15, 0.2) is 48.5 Å². The Balaban J connectivity index is 1.58. The van der Waals surface area contributed by atoms with Crippen molar-refractivity contribution in [1.82, 2.24) is 0 Å². The molecule has 0 aromatic heterocycles. The van der Waals surface area contributed by atoms with Gasteiger partial charge in [0.15, 0.2) is 0 Å². The predicted molar refractivity (Wildman–Crippen MR) is 91.7 cm³/mol. The minimum atomic E-state index is -4.36. The first-order valence-electron chi connectivity index (χ1n) is 8.10. The van der Waals surface area contributed by atoms with Crippen molar-refractivity contribution in [3.05, 3.63) is 59.7 Å². The van der Waals surface area contributed by atoms with Crippen LogP contribution in [0, 0.1) is 5.92 Å². The van der Waals surface area contributed by atoms with Crippen LogP contribution in [0.25, 0.3) is 0 Å². The van der Waals surface area contributed by atoms with Gasteiger partial charge in [0.1, 0.15) is 0 Å². The quantitative estimate of drug-likeness (QED) is 0.847. The van der Waals surface area contributed by atoms with Crippen LogP contribution in [0.2, 0.25) is 0 Å². The Bertz CT molecular complexity index is 814. The van der Waals surface area contributed by atoms with Gasteiger partial charge in [-0.3, -0.25) is 9.59 Å². The number of halogens is 3. The van der Waals surface area contributed by atoms with E-state index in [0.717, 1.165) is 17.7 Å². The van der Waals surface area contributed by atoms with E-state index in [1.807, 2.05) is 0 Å². The molecule has 0 radical (unpaired) electrons. The topological polar surface area (TPSA) is 58.2 Å². The molecule has 0 heterocycles. The van der Waals surface area contributed by atoms with Gasteiger partial charge in [0, 0.05) is 24.2 Å². The lowest BCUT2D eigenvalue weighted by molar-refractivity contribution is -0.137. The fraction of sp³-hybridized carbons (Fsp3) is 0.263. The van der Waals surface area contributed by atoms with Gasteiger partial charge in [-0.25, -0.2) is 0 Å². The Labute approximate surface area is 148 Å². The maximum atomic E-state index is 12.6. The smallest absolute Gasteiger partial charge is 0.326 e. The highest BCUT2D eigenvalue weighted by Gasteiger charge is 2.44. The van der Waals surface area contributed by atoms with E-state index in [0.29, 0.717) is 17.8 Å². The van der Waals surface area contributed by atoms with Crippen LogP contribution in [0.3, 0.4) is 0 Å². The summed E-state index contributed by atoms with van der Waals surface area (Å²) >= 11 is 0. The van der Waals surface area contributed by atoms with Crippen molar-refractivity contribution in [2.45, 2.75) is 25.4 Å². The minimum absolute atomic E-state index is 0.0593. The molecule has 136 valence electrons. The van der Waals surface area contributed by atoms with Crippen molar-refractivity contribution in [3.8, 4) is 0 Å². The molecule has 1 aliphatic rings. The molecule has 7 heteroatoms. The third-order valence-corrected chi connectivity index (χ3v) is 4.27. The van der Waals surface area contributed by atoms with E-state index in [4.69, 9.17) is 0 Å². The number of alkyl halides is 3. The first-order chi connectivity index (χ1) is 12.2. The molecule has 2 atom stereocenters. The van der Waals surface area contributed by atoms with Gasteiger partial charge in [-0.05, 0) is 54.3 Å². The van der Waals surface area contributed by atoms with E-state index in [1.54, 1.807) is 24.3 Å². The molecule has 1 fully saturated rings. The van der Waals surface area contributed by atoms with Crippen molar-refractivity contribution < 1.29 is 22.8 Å². The van der Waals surface area contributed by atoms with Gasteiger partial charge in [0.2, 0.25) is 11.8 Å². The summed E-state index contributed by atoms with van der Waals surface area (Å²) in [6.45, 7) is 1.41. The predicted octanol–water partition coefficient (Wildman–Crippen LogP) is 4.41. The molecule has 26 heavy (non-hydrogen) atoms. The van der Waals surface area contributed by atoms with E-state index in [2.05, 4.69) is 10.6 Å². The molecule has 0 bridgehead atoms. The lowest BCUT2D eigenvalue weighted by atomic mass is 10.1. The van der Waals surface area contributed by atoms with Crippen LogP contribution in [-0.4, -0.2) is 11.8 Å². The number of hydrogen-bond donors (Lipinski definition) is 2. The number of nitrogens with one attached hydrogen (secondary N) is 2. The Hall–Kier alpha value is -2.83. The second-order valence-corrected chi connectivity index (χ2v) is 6.32. The zero-order chi connectivity index (χ0) is 18.9. The van der Waals surface area contributed by atoms with Gasteiger partial charge in [0.25, 0.3) is 0 Å². The average molecular weight is 362 g/mol. The minimum Gasteiger partial charge on any atom is -0.326 e. The fourth-order valence-corrected chi connectivity index (χ4v) is 2.85. The number of hydrogen-bond acceptors (Lipinski definition) is 2. The monoisotopic (exact) mass is 362 g/mol. The largest absolute Gasteiger partial charge is 0.416 e. The van der Waals surface area contributed by atoms with Gasteiger partial charge in [-0.1, -0.05) is 12.1 Å². The molecule has 2 unspecified atom stereocenters. The Morgan fingerprint density at radius 1 is 0.923 bits per heavy atom. The standard InChI is InChI=1S/C19H17F3N2O2/c1-11(25)23-14-6-8-15(9-7-14)24-18(26)17-10-16(17)12-2-4-13(5-3-12)19(20,21)22/h2-9,16-17H,10H2,1H3,(H,23,25)(H,24,26). The first-order valence-corrected chi connectivity index (χ1v) is 8.10. The molecule has 4 nitrogen and oxygen atoms in total. The second-order valence-electron chi connectivity index (χ2n) is 6.32. The van der Waals surface area contributed by atoms with Crippen molar-refractivity contribution in [1.29, 1.82) is 0 Å². The maximum absolute atomic E-state index is 12.6.